The fraction of sp³-hybridized carbons (Fsp3) is 0.667. The number of hydrogen-bond acceptors (Lipinski definition) is 2. The standard InChI is InChI=1S/C9H15NOS/c1-7(2)6-10-9(11)8-4-3-5-12-8/h8H,1,3-6H2,2H3,(H,10,11). The minimum Gasteiger partial charge on any atom is -0.351 e. The Morgan fingerprint density at radius 2 is 2.50 bits per heavy atom. The van der Waals surface area contributed by atoms with Crippen molar-refractivity contribution in [3.63, 3.8) is 0 Å². The Bertz CT molecular complexity index is 185. The molecule has 1 aliphatic rings. The lowest BCUT2D eigenvalue weighted by Gasteiger charge is -2.08. The van der Waals surface area contributed by atoms with Gasteiger partial charge < -0.3 is 5.32 Å². The molecule has 0 aromatic heterocycles. The lowest BCUT2D eigenvalue weighted by atomic mass is 10.2. The predicted molar refractivity (Wildman–Crippen MR) is 53.3 cm³/mol. The molecular weight excluding hydrogens is 170 g/mol. The molecule has 0 saturated carbocycles. The van der Waals surface area contributed by atoms with Gasteiger partial charge in [-0.1, -0.05) is 12.2 Å². The van der Waals surface area contributed by atoms with Crippen LogP contribution < -0.4 is 5.32 Å². The van der Waals surface area contributed by atoms with Gasteiger partial charge in [-0.05, 0) is 25.5 Å². The van der Waals surface area contributed by atoms with Gasteiger partial charge in [0.15, 0.2) is 0 Å². The molecule has 1 N–H and O–H groups in total. The number of hydrogen-bond donors (Lipinski definition) is 1. The summed E-state index contributed by atoms with van der Waals surface area (Å²) in [5.74, 6) is 1.31. The molecule has 0 radical (unpaired) electrons. The number of amides is 1. The Labute approximate surface area is 77.8 Å². The minimum atomic E-state index is 0.181. The first-order chi connectivity index (χ1) is 5.70. The van der Waals surface area contributed by atoms with Crippen molar-refractivity contribution in [2.75, 3.05) is 12.3 Å². The fourth-order valence-electron chi connectivity index (χ4n) is 1.14. The molecular formula is C9H15NOS. The molecule has 0 aromatic rings. The highest BCUT2D eigenvalue weighted by Gasteiger charge is 2.22. The molecule has 1 fully saturated rings. The summed E-state index contributed by atoms with van der Waals surface area (Å²) in [7, 11) is 0. The van der Waals surface area contributed by atoms with E-state index in [2.05, 4.69) is 11.9 Å². The van der Waals surface area contributed by atoms with Gasteiger partial charge in [0.05, 0.1) is 5.25 Å². The molecule has 12 heavy (non-hydrogen) atoms. The van der Waals surface area contributed by atoms with Crippen LogP contribution in [0, 0.1) is 0 Å². The van der Waals surface area contributed by atoms with Crippen LogP contribution in [0.5, 0.6) is 0 Å². The summed E-state index contributed by atoms with van der Waals surface area (Å²) >= 11 is 1.76. The lowest BCUT2D eigenvalue weighted by molar-refractivity contribution is -0.120. The third-order valence-electron chi connectivity index (χ3n) is 1.79. The van der Waals surface area contributed by atoms with E-state index >= 15 is 0 Å². The van der Waals surface area contributed by atoms with Crippen molar-refractivity contribution in [2.45, 2.75) is 25.0 Å². The van der Waals surface area contributed by atoms with Crippen molar-refractivity contribution < 1.29 is 4.79 Å². The first-order valence-corrected chi connectivity index (χ1v) is 5.28. The van der Waals surface area contributed by atoms with Crippen LogP contribution in [-0.2, 0) is 4.79 Å². The summed E-state index contributed by atoms with van der Waals surface area (Å²) in [5, 5.41) is 3.06. The average Bonchev–Trinajstić information content (AvgIpc) is 2.51. The zero-order chi connectivity index (χ0) is 8.97. The minimum absolute atomic E-state index is 0.181. The zero-order valence-corrected chi connectivity index (χ0v) is 8.25. The second kappa shape index (κ2) is 4.55. The Kier molecular flexibility index (Phi) is 3.66. The highest BCUT2D eigenvalue weighted by atomic mass is 32.2. The Morgan fingerprint density at radius 3 is 3.00 bits per heavy atom. The molecule has 1 unspecified atom stereocenters. The molecule has 0 aliphatic carbocycles. The molecule has 1 saturated heterocycles. The highest BCUT2D eigenvalue weighted by Crippen LogP contribution is 2.25. The second-order valence-electron chi connectivity index (χ2n) is 3.18. The van der Waals surface area contributed by atoms with E-state index < -0.39 is 0 Å². The lowest BCUT2D eigenvalue weighted by Crippen LogP contribution is -2.32. The molecule has 1 rings (SSSR count). The Hall–Kier alpha value is -0.440. The third-order valence-corrected chi connectivity index (χ3v) is 3.16. The number of thioether (sulfide) groups is 1. The molecule has 3 heteroatoms. The summed E-state index contributed by atoms with van der Waals surface area (Å²) in [6.45, 7) is 6.27. The monoisotopic (exact) mass is 185 g/mol. The molecule has 0 spiro atoms. The molecule has 68 valence electrons. The van der Waals surface area contributed by atoms with E-state index in [1.165, 1.54) is 6.42 Å². The molecule has 1 amide bonds. The van der Waals surface area contributed by atoms with Crippen LogP contribution in [0.1, 0.15) is 19.8 Å². The molecule has 1 atom stereocenters. The molecule has 2 nitrogen and oxygen atoms in total. The van der Waals surface area contributed by atoms with Crippen LogP contribution in [-0.4, -0.2) is 23.5 Å². The summed E-state index contributed by atoms with van der Waals surface area (Å²) in [5.41, 5.74) is 1.01. The van der Waals surface area contributed by atoms with Gasteiger partial charge >= 0.3 is 0 Å². The smallest absolute Gasteiger partial charge is 0.233 e. The number of rotatable bonds is 3. The van der Waals surface area contributed by atoms with Gasteiger partial charge in [0, 0.05) is 6.54 Å². The summed E-state index contributed by atoms with van der Waals surface area (Å²) in [4.78, 5) is 11.4. The molecule has 0 bridgehead atoms. The highest BCUT2D eigenvalue weighted by molar-refractivity contribution is 8.00. The number of carbonyl (C=O) groups is 1. The Morgan fingerprint density at radius 1 is 1.75 bits per heavy atom. The first-order valence-electron chi connectivity index (χ1n) is 4.24. The van der Waals surface area contributed by atoms with Crippen molar-refractivity contribution in [1.82, 2.24) is 5.32 Å². The van der Waals surface area contributed by atoms with E-state index in [1.54, 1.807) is 11.8 Å². The van der Waals surface area contributed by atoms with E-state index in [-0.39, 0.29) is 11.2 Å². The predicted octanol–water partition coefficient (Wildman–Crippen LogP) is 1.57. The maximum absolute atomic E-state index is 11.4. The van der Waals surface area contributed by atoms with Crippen LogP contribution >= 0.6 is 11.8 Å². The quantitative estimate of drug-likeness (QED) is 0.676. The van der Waals surface area contributed by atoms with E-state index in [1.807, 2.05) is 6.92 Å². The fourth-order valence-corrected chi connectivity index (χ4v) is 2.32. The average molecular weight is 185 g/mol. The van der Waals surface area contributed by atoms with Crippen molar-refractivity contribution in [2.24, 2.45) is 0 Å². The van der Waals surface area contributed by atoms with E-state index in [9.17, 15) is 4.79 Å². The Balaban J connectivity index is 2.23. The van der Waals surface area contributed by atoms with Crippen LogP contribution in [0.4, 0.5) is 0 Å². The van der Waals surface area contributed by atoms with E-state index in [4.69, 9.17) is 0 Å². The van der Waals surface area contributed by atoms with Gasteiger partial charge in [0.2, 0.25) is 5.91 Å². The van der Waals surface area contributed by atoms with Crippen molar-refractivity contribution >= 4 is 17.7 Å². The van der Waals surface area contributed by atoms with Crippen molar-refractivity contribution in [3.05, 3.63) is 12.2 Å². The van der Waals surface area contributed by atoms with E-state index in [0.29, 0.717) is 6.54 Å². The van der Waals surface area contributed by atoms with Gasteiger partial charge in [0.1, 0.15) is 0 Å². The van der Waals surface area contributed by atoms with Gasteiger partial charge in [-0.25, -0.2) is 0 Å². The van der Waals surface area contributed by atoms with Crippen LogP contribution in [0.2, 0.25) is 0 Å². The second-order valence-corrected chi connectivity index (χ2v) is 4.49. The van der Waals surface area contributed by atoms with Crippen LogP contribution in [0.15, 0.2) is 12.2 Å². The van der Waals surface area contributed by atoms with E-state index in [0.717, 1.165) is 17.7 Å². The largest absolute Gasteiger partial charge is 0.351 e. The first kappa shape index (κ1) is 9.65. The summed E-state index contributed by atoms with van der Waals surface area (Å²) in [6.07, 6.45) is 2.21. The van der Waals surface area contributed by atoms with Crippen molar-refractivity contribution in [3.8, 4) is 0 Å². The summed E-state index contributed by atoms with van der Waals surface area (Å²) < 4.78 is 0. The van der Waals surface area contributed by atoms with Gasteiger partial charge in [-0.15, -0.1) is 11.8 Å². The maximum atomic E-state index is 11.4. The van der Waals surface area contributed by atoms with Gasteiger partial charge in [0.25, 0.3) is 0 Å². The maximum Gasteiger partial charge on any atom is 0.233 e. The number of carbonyl (C=O) groups excluding carboxylic acids is 1. The van der Waals surface area contributed by atoms with Crippen molar-refractivity contribution in [1.29, 1.82) is 0 Å². The normalized spacial score (nSPS) is 22.2. The topological polar surface area (TPSA) is 29.1 Å². The van der Waals surface area contributed by atoms with Gasteiger partial charge in [-0.2, -0.15) is 0 Å². The van der Waals surface area contributed by atoms with Crippen LogP contribution in [0.3, 0.4) is 0 Å². The van der Waals surface area contributed by atoms with Crippen LogP contribution in [0.25, 0.3) is 0 Å². The van der Waals surface area contributed by atoms with Gasteiger partial charge in [-0.3, -0.25) is 4.79 Å². The zero-order valence-electron chi connectivity index (χ0n) is 7.43. The summed E-state index contributed by atoms with van der Waals surface area (Å²) in [6, 6.07) is 0. The SMILES string of the molecule is C=C(C)CNC(=O)C1CCCS1. The molecule has 0 aromatic carbocycles. The molecule has 1 aliphatic heterocycles. The molecule has 1 heterocycles. The third kappa shape index (κ3) is 2.89. The number of nitrogens with one attached hydrogen (secondary N) is 1.